The van der Waals surface area contributed by atoms with Crippen LogP contribution in [0.5, 0.6) is 0 Å². The quantitative estimate of drug-likeness (QED) is 0.439. The topological polar surface area (TPSA) is 37.3 Å². The van der Waals surface area contributed by atoms with Crippen LogP contribution < -0.4 is 0 Å². The van der Waals surface area contributed by atoms with Crippen molar-refractivity contribution < 1.29 is 9.90 Å². The van der Waals surface area contributed by atoms with Gasteiger partial charge in [0.1, 0.15) is 0 Å². The van der Waals surface area contributed by atoms with Crippen LogP contribution in [0.1, 0.15) is 0 Å². The third kappa shape index (κ3) is 5.68. The Morgan fingerprint density at radius 3 is 2.50 bits per heavy atom. The number of aliphatic carboxylic acids is 1. The summed E-state index contributed by atoms with van der Waals surface area (Å²) >= 11 is 2.01. The molecule has 0 rings (SSSR count). The molecule has 0 radical (unpaired) electrons. The number of hydrogen-bond donors (Lipinski definition) is 1. The first-order valence-electron chi connectivity index (χ1n) is 1.93. The maximum absolute atomic E-state index is 9.75. The molecule has 0 bridgehead atoms. The zero-order valence-electron chi connectivity index (χ0n) is 4.04. The Kier molecular flexibility index (Phi) is 4.64. The number of halogens is 1. The van der Waals surface area contributed by atoms with E-state index in [9.17, 15) is 4.79 Å². The Morgan fingerprint density at radius 1 is 1.50 bits per heavy atom. The van der Waals surface area contributed by atoms with Gasteiger partial charge < -0.3 is 5.11 Å². The molecule has 0 unspecified atom stereocenters. The summed E-state index contributed by atoms with van der Waals surface area (Å²) in [5.41, 5.74) is 0. The van der Waals surface area contributed by atoms with Crippen molar-refractivity contribution in [3.8, 4) is 0 Å². The van der Waals surface area contributed by atoms with E-state index < -0.39 is 5.97 Å². The average molecular weight is 224 g/mol. The summed E-state index contributed by atoms with van der Waals surface area (Å²) in [7, 11) is 0. The molecular formula is C5H5IO2. The summed E-state index contributed by atoms with van der Waals surface area (Å²) in [6.07, 6.45) is 4.19. The van der Waals surface area contributed by atoms with Crippen molar-refractivity contribution in [3.63, 3.8) is 0 Å². The third-order valence-electron chi connectivity index (χ3n) is 0.423. The zero-order chi connectivity index (χ0) is 6.41. The van der Waals surface area contributed by atoms with Crippen molar-refractivity contribution in [2.45, 2.75) is 0 Å². The van der Waals surface area contributed by atoms with Crippen molar-refractivity contribution in [2.24, 2.45) is 0 Å². The first kappa shape index (κ1) is 7.68. The Morgan fingerprint density at radius 2 is 2.12 bits per heavy atom. The van der Waals surface area contributed by atoms with Crippen molar-refractivity contribution in [3.05, 3.63) is 22.3 Å². The summed E-state index contributed by atoms with van der Waals surface area (Å²) < 4.78 is 1.73. The minimum Gasteiger partial charge on any atom is -0.478 e. The Balaban J connectivity index is 3.50. The predicted molar refractivity (Wildman–Crippen MR) is 39.9 cm³/mol. The van der Waals surface area contributed by atoms with Gasteiger partial charge in [0.25, 0.3) is 0 Å². The zero-order valence-corrected chi connectivity index (χ0v) is 6.20. The minimum atomic E-state index is -0.917. The molecule has 0 spiro atoms. The highest BCUT2D eigenvalue weighted by atomic mass is 127. The van der Waals surface area contributed by atoms with E-state index in [0.717, 1.165) is 6.08 Å². The van der Waals surface area contributed by atoms with Crippen LogP contribution in [0.3, 0.4) is 0 Å². The fourth-order valence-corrected chi connectivity index (χ4v) is 0.420. The summed E-state index contributed by atoms with van der Waals surface area (Å²) in [6.45, 7) is 0. The van der Waals surface area contributed by atoms with Crippen molar-refractivity contribution in [1.82, 2.24) is 0 Å². The monoisotopic (exact) mass is 224 g/mol. The Hall–Kier alpha value is -0.320. The van der Waals surface area contributed by atoms with E-state index >= 15 is 0 Å². The lowest BCUT2D eigenvalue weighted by Crippen LogP contribution is -1.83. The van der Waals surface area contributed by atoms with E-state index in [0.29, 0.717) is 0 Å². The molecule has 0 saturated heterocycles. The largest absolute Gasteiger partial charge is 0.478 e. The van der Waals surface area contributed by atoms with E-state index in [-0.39, 0.29) is 0 Å². The Bertz CT molecular complexity index is 126. The van der Waals surface area contributed by atoms with Gasteiger partial charge in [-0.25, -0.2) is 4.79 Å². The van der Waals surface area contributed by atoms with Crippen molar-refractivity contribution in [1.29, 1.82) is 0 Å². The van der Waals surface area contributed by atoms with Crippen molar-refractivity contribution in [2.75, 3.05) is 0 Å². The molecule has 3 heteroatoms. The van der Waals surface area contributed by atoms with Crippen LogP contribution in [0.25, 0.3) is 0 Å². The molecule has 0 aliphatic rings. The molecule has 0 heterocycles. The van der Waals surface area contributed by atoms with Gasteiger partial charge in [0.05, 0.1) is 0 Å². The number of carboxylic acid groups (broad SMARTS) is 1. The van der Waals surface area contributed by atoms with Crippen LogP contribution in [-0.4, -0.2) is 11.1 Å². The molecule has 0 fully saturated rings. The van der Waals surface area contributed by atoms with E-state index in [1.165, 1.54) is 6.08 Å². The van der Waals surface area contributed by atoms with Crippen molar-refractivity contribution >= 4 is 28.6 Å². The van der Waals surface area contributed by atoms with Crippen LogP contribution >= 0.6 is 22.6 Å². The highest BCUT2D eigenvalue weighted by Crippen LogP contribution is 1.83. The van der Waals surface area contributed by atoms with E-state index in [1.54, 1.807) is 10.2 Å². The number of rotatable bonds is 2. The molecule has 1 N–H and O–H groups in total. The smallest absolute Gasteiger partial charge is 0.328 e. The summed E-state index contributed by atoms with van der Waals surface area (Å²) in [4.78, 5) is 9.75. The number of carboxylic acids is 1. The van der Waals surface area contributed by atoms with Gasteiger partial charge in [0.2, 0.25) is 0 Å². The van der Waals surface area contributed by atoms with Gasteiger partial charge in [-0.3, -0.25) is 0 Å². The Labute approximate surface area is 61.0 Å². The fourth-order valence-electron chi connectivity index (χ4n) is 0.180. The van der Waals surface area contributed by atoms with E-state index in [1.807, 2.05) is 22.6 Å². The van der Waals surface area contributed by atoms with Crippen LogP contribution in [-0.2, 0) is 4.79 Å². The van der Waals surface area contributed by atoms with Gasteiger partial charge in [-0.1, -0.05) is 34.7 Å². The van der Waals surface area contributed by atoms with Gasteiger partial charge in [0.15, 0.2) is 0 Å². The highest BCUT2D eigenvalue weighted by molar-refractivity contribution is 14.1. The van der Waals surface area contributed by atoms with Crippen LogP contribution in [0, 0.1) is 0 Å². The summed E-state index contributed by atoms with van der Waals surface area (Å²) in [6, 6.07) is 0. The van der Waals surface area contributed by atoms with E-state index in [4.69, 9.17) is 5.11 Å². The molecule has 0 aromatic carbocycles. The normalized spacial score (nSPS) is 11.1. The molecule has 0 amide bonds. The lowest BCUT2D eigenvalue weighted by Gasteiger charge is -1.71. The molecule has 0 atom stereocenters. The SMILES string of the molecule is O=C(O)/C=C/C=C\I. The first-order chi connectivity index (χ1) is 3.77. The van der Waals surface area contributed by atoms with E-state index in [2.05, 4.69) is 0 Å². The van der Waals surface area contributed by atoms with Gasteiger partial charge in [-0.05, 0) is 4.08 Å². The second-order valence-corrected chi connectivity index (χ2v) is 1.73. The minimum absolute atomic E-state index is 0.917. The molecule has 44 valence electrons. The lowest BCUT2D eigenvalue weighted by molar-refractivity contribution is -0.131. The summed E-state index contributed by atoms with van der Waals surface area (Å²) in [5.74, 6) is -0.917. The van der Waals surface area contributed by atoms with Crippen LogP contribution in [0.2, 0.25) is 0 Å². The highest BCUT2D eigenvalue weighted by Gasteiger charge is 1.78. The maximum Gasteiger partial charge on any atom is 0.328 e. The predicted octanol–water partition coefficient (Wildman–Crippen LogP) is 1.58. The summed E-state index contributed by atoms with van der Waals surface area (Å²) in [5, 5.41) is 8.02. The molecule has 0 aromatic heterocycles. The first-order valence-corrected chi connectivity index (χ1v) is 3.18. The average Bonchev–Trinajstić information content (AvgIpc) is 1.66. The van der Waals surface area contributed by atoms with Gasteiger partial charge in [0, 0.05) is 6.08 Å². The molecule has 8 heavy (non-hydrogen) atoms. The molecule has 0 saturated carbocycles. The molecular weight excluding hydrogens is 219 g/mol. The third-order valence-corrected chi connectivity index (χ3v) is 0.838. The number of allylic oxidation sites excluding steroid dienone is 2. The van der Waals surface area contributed by atoms with Crippen LogP contribution in [0.4, 0.5) is 0 Å². The molecule has 0 aliphatic carbocycles. The fraction of sp³-hybridized carbons (Fsp3) is 0. The molecule has 2 nitrogen and oxygen atoms in total. The van der Waals surface area contributed by atoms with Gasteiger partial charge in [-0.15, -0.1) is 0 Å². The lowest BCUT2D eigenvalue weighted by atomic mass is 10.5. The second kappa shape index (κ2) is 4.83. The van der Waals surface area contributed by atoms with Crippen LogP contribution in [0.15, 0.2) is 22.3 Å². The molecule has 0 aromatic rings. The molecule has 0 aliphatic heterocycles. The van der Waals surface area contributed by atoms with Gasteiger partial charge >= 0.3 is 5.97 Å². The standard InChI is InChI=1S/C5H5IO2/c6-4-2-1-3-5(7)8/h1-4H,(H,7,8)/b3-1+,4-2-. The second-order valence-electron chi connectivity index (χ2n) is 1.02. The maximum atomic E-state index is 9.75. The number of hydrogen-bond acceptors (Lipinski definition) is 1. The number of carbonyl (C=O) groups is 1. The van der Waals surface area contributed by atoms with Gasteiger partial charge in [-0.2, -0.15) is 0 Å².